The summed E-state index contributed by atoms with van der Waals surface area (Å²) in [6.07, 6.45) is 6.63. The molecule has 2 aliphatic rings. The van der Waals surface area contributed by atoms with Gasteiger partial charge in [0.05, 0.1) is 12.3 Å². The van der Waals surface area contributed by atoms with Gasteiger partial charge >= 0.3 is 0 Å². The fourth-order valence-electron chi connectivity index (χ4n) is 3.69. The maximum absolute atomic E-state index is 7.33. The smallest absolute Gasteiger partial charge is 0.191 e. The van der Waals surface area contributed by atoms with Gasteiger partial charge < -0.3 is 10.1 Å². The van der Waals surface area contributed by atoms with Gasteiger partial charge in [-0.2, -0.15) is 0 Å². The third-order valence-electron chi connectivity index (χ3n) is 4.71. The summed E-state index contributed by atoms with van der Waals surface area (Å²) < 4.78 is 6.23. The maximum Gasteiger partial charge on any atom is 0.191 e. The van der Waals surface area contributed by atoms with Crippen molar-refractivity contribution in [2.45, 2.75) is 43.9 Å². The van der Waals surface area contributed by atoms with Crippen molar-refractivity contribution in [2.75, 3.05) is 0 Å². The van der Waals surface area contributed by atoms with E-state index in [2.05, 4.69) is 15.1 Å². The van der Waals surface area contributed by atoms with E-state index >= 15 is 0 Å². The second-order valence-electron chi connectivity index (χ2n) is 6.39. The zero-order valence-electron chi connectivity index (χ0n) is 12.9. The van der Waals surface area contributed by atoms with E-state index in [0.29, 0.717) is 17.8 Å². The van der Waals surface area contributed by atoms with Crippen LogP contribution in [0.5, 0.6) is 5.75 Å². The molecule has 0 saturated carbocycles. The largest absolute Gasteiger partial charge is 0.492 e. The first kappa shape index (κ1) is 14.2. The molecule has 1 aromatic carbocycles. The van der Waals surface area contributed by atoms with E-state index < -0.39 is 0 Å². The topological polar surface area (TPSA) is 38.5 Å². The van der Waals surface area contributed by atoms with Crippen molar-refractivity contribution in [1.82, 2.24) is 10.3 Å². The zero-order chi connectivity index (χ0) is 15.6. The number of nitrogens with one attached hydrogen (secondary N) is 1. The minimum atomic E-state index is 0.242. The molecule has 4 nitrogen and oxygen atoms in total. The fraction of sp³-hybridized carbons (Fsp3) is 0.368. The quantitative estimate of drug-likeness (QED) is 0.872. The van der Waals surface area contributed by atoms with Crippen molar-refractivity contribution in [1.29, 1.82) is 0 Å². The molecule has 1 aromatic heterocycles. The Morgan fingerprint density at radius 2 is 1.96 bits per heavy atom. The lowest BCUT2D eigenvalue weighted by molar-refractivity contribution is 0.137. The van der Waals surface area contributed by atoms with Crippen LogP contribution in [0.2, 0.25) is 0 Å². The van der Waals surface area contributed by atoms with Crippen molar-refractivity contribution in [3.05, 3.63) is 54.0 Å². The van der Waals surface area contributed by atoms with Gasteiger partial charge in [-0.1, -0.05) is 6.07 Å². The minimum Gasteiger partial charge on any atom is -0.492 e. The molecule has 2 fully saturated rings. The van der Waals surface area contributed by atoms with Crippen LogP contribution in [0, 0.1) is 6.57 Å². The second-order valence-corrected chi connectivity index (χ2v) is 6.39. The Labute approximate surface area is 136 Å². The number of nitrogens with zero attached hydrogens (tertiary/aromatic N) is 2. The van der Waals surface area contributed by atoms with E-state index in [-0.39, 0.29) is 6.10 Å². The number of fused-ring (bicyclic) bond motifs is 2. The first-order valence-electron chi connectivity index (χ1n) is 8.17. The molecule has 2 aromatic rings. The lowest BCUT2D eigenvalue weighted by Crippen LogP contribution is -2.42. The molecule has 2 aliphatic heterocycles. The van der Waals surface area contributed by atoms with E-state index in [9.17, 15) is 0 Å². The van der Waals surface area contributed by atoms with E-state index in [4.69, 9.17) is 11.3 Å². The van der Waals surface area contributed by atoms with Gasteiger partial charge in [0.2, 0.25) is 0 Å². The average molecular weight is 305 g/mol. The van der Waals surface area contributed by atoms with Crippen LogP contribution in [0.1, 0.15) is 25.7 Å². The summed E-state index contributed by atoms with van der Waals surface area (Å²) in [6, 6.07) is 12.7. The molecular formula is C19H19N3O. The molecule has 1 N–H and O–H groups in total. The SMILES string of the molecule is [C-]#[N+]c1cc(OC2C[C@H]3CC[C@@H](C2)N3)cc(-c2ccccn2)c1. The van der Waals surface area contributed by atoms with Gasteiger partial charge in [-0.05, 0) is 61.6 Å². The summed E-state index contributed by atoms with van der Waals surface area (Å²) in [4.78, 5) is 7.96. The first-order valence-corrected chi connectivity index (χ1v) is 8.17. The Morgan fingerprint density at radius 3 is 2.65 bits per heavy atom. The van der Waals surface area contributed by atoms with Crippen LogP contribution in [0.3, 0.4) is 0 Å². The number of rotatable bonds is 3. The van der Waals surface area contributed by atoms with Gasteiger partial charge in [-0.25, -0.2) is 4.85 Å². The molecule has 3 heterocycles. The van der Waals surface area contributed by atoms with Gasteiger partial charge in [-0.3, -0.25) is 4.98 Å². The molecule has 3 atom stereocenters. The molecule has 2 saturated heterocycles. The summed E-state index contributed by atoms with van der Waals surface area (Å²) in [7, 11) is 0. The highest BCUT2D eigenvalue weighted by atomic mass is 16.5. The van der Waals surface area contributed by atoms with Crippen LogP contribution in [0.15, 0.2) is 42.6 Å². The highest BCUT2D eigenvalue weighted by molar-refractivity contribution is 5.68. The van der Waals surface area contributed by atoms with Crippen LogP contribution >= 0.6 is 0 Å². The monoisotopic (exact) mass is 305 g/mol. The Kier molecular flexibility index (Phi) is 3.72. The summed E-state index contributed by atoms with van der Waals surface area (Å²) in [5.41, 5.74) is 2.40. The molecule has 1 unspecified atom stereocenters. The molecule has 23 heavy (non-hydrogen) atoms. The van der Waals surface area contributed by atoms with Crippen LogP contribution in [0.25, 0.3) is 16.1 Å². The predicted octanol–water partition coefficient (Wildman–Crippen LogP) is 3.96. The van der Waals surface area contributed by atoms with Crippen molar-refractivity contribution in [3.8, 4) is 17.0 Å². The van der Waals surface area contributed by atoms with E-state index in [0.717, 1.165) is 29.8 Å². The number of ether oxygens (including phenoxy) is 1. The highest BCUT2D eigenvalue weighted by Crippen LogP contribution is 2.33. The second kappa shape index (κ2) is 6.02. The lowest BCUT2D eigenvalue weighted by atomic mass is 10.0. The Morgan fingerprint density at radius 1 is 1.13 bits per heavy atom. The predicted molar refractivity (Wildman–Crippen MR) is 89.5 cm³/mol. The van der Waals surface area contributed by atoms with Crippen LogP contribution in [-0.2, 0) is 0 Å². The molecular weight excluding hydrogens is 286 g/mol. The standard InChI is InChI=1S/C19H19N3O/c1-20-16-8-13(19-4-2-3-7-21-19)9-17(12-16)23-18-10-14-5-6-15(11-18)22-14/h2-4,7-9,12,14-15,18,22H,5-6,10-11H2/t14-,15+,18?. The Bertz CT molecular complexity index is 726. The van der Waals surface area contributed by atoms with Crippen molar-refractivity contribution in [3.63, 3.8) is 0 Å². The van der Waals surface area contributed by atoms with Crippen LogP contribution in [-0.4, -0.2) is 23.2 Å². The third-order valence-corrected chi connectivity index (χ3v) is 4.71. The van der Waals surface area contributed by atoms with Crippen molar-refractivity contribution in [2.24, 2.45) is 0 Å². The summed E-state index contributed by atoms with van der Waals surface area (Å²) in [5.74, 6) is 0.783. The van der Waals surface area contributed by atoms with Crippen LogP contribution in [0.4, 0.5) is 5.69 Å². The molecule has 2 bridgehead atoms. The van der Waals surface area contributed by atoms with Crippen molar-refractivity contribution < 1.29 is 4.74 Å². The third kappa shape index (κ3) is 3.06. The fourth-order valence-corrected chi connectivity index (χ4v) is 3.69. The number of piperidine rings is 1. The minimum absolute atomic E-state index is 0.242. The molecule has 0 aliphatic carbocycles. The van der Waals surface area contributed by atoms with Gasteiger partial charge in [0, 0.05) is 18.3 Å². The number of hydrogen-bond acceptors (Lipinski definition) is 3. The Hall–Kier alpha value is -2.38. The average Bonchev–Trinajstić information content (AvgIpc) is 2.94. The summed E-state index contributed by atoms with van der Waals surface area (Å²) >= 11 is 0. The molecule has 4 rings (SSSR count). The van der Waals surface area contributed by atoms with E-state index in [1.807, 2.05) is 36.4 Å². The number of hydrogen-bond donors (Lipinski definition) is 1. The van der Waals surface area contributed by atoms with Crippen LogP contribution < -0.4 is 10.1 Å². The summed E-state index contributed by atoms with van der Waals surface area (Å²) in [5, 5.41) is 3.63. The first-order chi connectivity index (χ1) is 11.3. The van der Waals surface area contributed by atoms with E-state index in [1.54, 1.807) is 6.20 Å². The highest BCUT2D eigenvalue weighted by Gasteiger charge is 2.34. The van der Waals surface area contributed by atoms with E-state index in [1.165, 1.54) is 12.8 Å². The molecule has 0 spiro atoms. The number of pyridine rings is 1. The maximum atomic E-state index is 7.33. The molecule has 4 heteroatoms. The molecule has 0 radical (unpaired) electrons. The lowest BCUT2D eigenvalue weighted by Gasteiger charge is -2.29. The van der Waals surface area contributed by atoms with Gasteiger partial charge in [0.25, 0.3) is 0 Å². The zero-order valence-corrected chi connectivity index (χ0v) is 12.9. The van der Waals surface area contributed by atoms with Gasteiger partial charge in [-0.15, -0.1) is 0 Å². The normalized spacial score (nSPS) is 25.8. The molecule has 116 valence electrons. The number of aromatic nitrogens is 1. The van der Waals surface area contributed by atoms with Crippen molar-refractivity contribution >= 4 is 5.69 Å². The summed E-state index contributed by atoms with van der Waals surface area (Å²) in [6.45, 7) is 7.33. The molecule has 0 amide bonds. The number of benzene rings is 1. The van der Waals surface area contributed by atoms with Gasteiger partial charge in [0.1, 0.15) is 11.9 Å². The van der Waals surface area contributed by atoms with Gasteiger partial charge in [0.15, 0.2) is 5.69 Å². The Balaban J connectivity index is 1.60.